The van der Waals surface area contributed by atoms with E-state index in [2.05, 4.69) is 4.98 Å². The van der Waals surface area contributed by atoms with Gasteiger partial charge in [-0.25, -0.2) is 0 Å². The number of fused-ring (bicyclic) bond motifs is 1. The number of nitrogens with zero attached hydrogens (tertiary/aromatic N) is 2. The third-order valence-corrected chi connectivity index (χ3v) is 3.45. The fraction of sp³-hybridized carbons (Fsp3) is 0.385. The normalized spacial score (nSPS) is 10.9. The Morgan fingerprint density at radius 2 is 2.00 bits per heavy atom. The number of aryl methyl sites for hydroxylation is 1. The molecule has 0 radical (unpaired) electrons. The second kappa shape index (κ2) is 6.53. The predicted octanol–water partition coefficient (Wildman–Crippen LogP) is 2.01. The molecule has 1 aromatic carbocycles. The molecule has 0 aliphatic rings. The maximum absolute atomic E-state index is 11.9. The Bertz CT molecular complexity index is 781. The van der Waals surface area contributed by atoms with Gasteiger partial charge in [0.1, 0.15) is 0 Å². The topological polar surface area (TPSA) is 98.0 Å². The lowest BCUT2D eigenvalue weighted by Gasteiger charge is -2.09. The van der Waals surface area contributed by atoms with Crippen molar-refractivity contribution in [1.82, 2.24) is 9.55 Å². The van der Waals surface area contributed by atoms with Crippen molar-refractivity contribution in [2.45, 2.75) is 25.8 Å². The van der Waals surface area contributed by atoms with E-state index in [0.717, 1.165) is 12.8 Å². The van der Waals surface area contributed by atoms with Gasteiger partial charge in [-0.1, -0.05) is 6.42 Å². The van der Waals surface area contributed by atoms with E-state index in [4.69, 9.17) is 11.6 Å². The smallest absolute Gasteiger partial charge is 0.316 e. The van der Waals surface area contributed by atoms with Gasteiger partial charge >= 0.3 is 11.1 Å². The molecule has 0 unspecified atom stereocenters. The van der Waals surface area contributed by atoms with Crippen LogP contribution in [0, 0.1) is 10.1 Å². The number of nitrogens with one attached hydrogen (secondary N) is 1. The largest absolute Gasteiger partial charge is 0.316 e. The summed E-state index contributed by atoms with van der Waals surface area (Å²) in [6.07, 6.45) is 2.39. The van der Waals surface area contributed by atoms with E-state index in [1.165, 1.54) is 22.8 Å². The van der Waals surface area contributed by atoms with Crippen LogP contribution >= 0.6 is 11.6 Å². The van der Waals surface area contributed by atoms with Crippen molar-refractivity contribution in [3.8, 4) is 0 Å². The lowest BCUT2D eigenvalue weighted by Crippen LogP contribution is -2.36. The van der Waals surface area contributed by atoms with Gasteiger partial charge in [-0.3, -0.25) is 19.7 Å². The van der Waals surface area contributed by atoms with E-state index in [0.29, 0.717) is 24.4 Å². The van der Waals surface area contributed by atoms with Crippen molar-refractivity contribution in [2.75, 3.05) is 5.88 Å². The van der Waals surface area contributed by atoms with Crippen LogP contribution < -0.4 is 11.1 Å². The Hall–Kier alpha value is -2.15. The second-order valence-electron chi connectivity index (χ2n) is 4.62. The zero-order valence-corrected chi connectivity index (χ0v) is 11.9. The molecule has 2 aromatic rings. The van der Waals surface area contributed by atoms with Crippen LogP contribution in [-0.2, 0) is 6.54 Å². The number of H-pyrrole nitrogens is 1. The summed E-state index contributed by atoms with van der Waals surface area (Å²) in [5.74, 6) is 0.553. The van der Waals surface area contributed by atoms with Crippen LogP contribution in [0.3, 0.4) is 0 Å². The number of alkyl halides is 1. The molecule has 1 aromatic heterocycles. The Kier molecular flexibility index (Phi) is 4.74. The van der Waals surface area contributed by atoms with E-state index in [1.807, 2.05) is 0 Å². The van der Waals surface area contributed by atoms with Crippen LogP contribution in [0.5, 0.6) is 0 Å². The number of hydrogen-bond donors (Lipinski definition) is 1. The molecule has 0 amide bonds. The number of hydrogen-bond acceptors (Lipinski definition) is 4. The summed E-state index contributed by atoms with van der Waals surface area (Å²) >= 11 is 5.59. The molecule has 0 aliphatic heterocycles. The maximum Gasteiger partial charge on any atom is 0.316 e. The highest BCUT2D eigenvalue weighted by Crippen LogP contribution is 2.17. The lowest BCUT2D eigenvalue weighted by atomic mass is 10.2. The SMILES string of the molecule is O=c1[nH]c2cc([N+](=O)[O-])ccc2n(CCCCCCl)c1=O. The van der Waals surface area contributed by atoms with Crippen molar-refractivity contribution in [3.63, 3.8) is 0 Å². The first-order chi connectivity index (χ1) is 10.0. The molecule has 0 saturated heterocycles. The number of rotatable bonds is 6. The van der Waals surface area contributed by atoms with Gasteiger partial charge in [0.25, 0.3) is 5.69 Å². The van der Waals surface area contributed by atoms with Gasteiger partial charge in [0.05, 0.1) is 16.0 Å². The molecule has 7 nitrogen and oxygen atoms in total. The zero-order chi connectivity index (χ0) is 15.4. The van der Waals surface area contributed by atoms with Gasteiger partial charge in [-0.2, -0.15) is 0 Å². The van der Waals surface area contributed by atoms with Crippen molar-refractivity contribution >= 4 is 28.3 Å². The van der Waals surface area contributed by atoms with E-state index < -0.39 is 16.0 Å². The second-order valence-corrected chi connectivity index (χ2v) is 5.00. The summed E-state index contributed by atoms with van der Waals surface area (Å²) < 4.78 is 1.35. The van der Waals surface area contributed by atoms with Gasteiger partial charge in [0.2, 0.25) is 0 Å². The first kappa shape index (κ1) is 15.2. The number of nitro benzene ring substituents is 1. The maximum atomic E-state index is 11.9. The van der Waals surface area contributed by atoms with Crippen LogP contribution in [0.15, 0.2) is 27.8 Å². The van der Waals surface area contributed by atoms with E-state index in [-0.39, 0.29) is 11.2 Å². The molecule has 0 fully saturated rings. The van der Waals surface area contributed by atoms with Crippen LogP contribution in [0.1, 0.15) is 19.3 Å². The highest BCUT2D eigenvalue weighted by atomic mass is 35.5. The Labute approximate surface area is 124 Å². The summed E-state index contributed by atoms with van der Waals surface area (Å²) in [5, 5.41) is 10.8. The monoisotopic (exact) mass is 311 g/mol. The van der Waals surface area contributed by atoms with Gasteiger partial charge in [0, 0.05) is 24.6 Å². The highest BCUT2D eigenvalue weighted by molar-refractivity contribution is 6.17. The number of nitro groups is 1. The van der Waals surface area contributed by atoms with Crippen molar-refractivity contribution in [2.24, 2.45) is 0 Å². The molecule has 0 atom stereocenters. The van der Waals surface area contributed by atoms with Crippen molar-refractivity contribution in [3.05, 3.63) is 49.0 Å². The first-order valence-electron chi connectivity index (χ1n) is 6.52. The van der Waals surface area contributed by atoms with E-state index in [1.54, 1.807) is 0 Å². The Balaban J connectivity index is 2.47. The molecule has 2 rings (SSSR count). The molecular weight excluding hydrogens is 298 g/mol. The van der Waals surface area contributed by atoms with Crippen LogP contribution in [0.4, 0.5) is 5.69 Å². The van der Waals surface area contributed by atoms with Crippen LogP contribution in [0.2, 0.25) is 0 Å². The van der Waals surface area contributed by atoms with Gasteiger partial charge in [-0.15, -0.1) is 11.6 Å². The number of halogens is 1. The van der Waals surface area contributed by atoms with Gasteiger partial charge in [0.15, 0.2) is 0 Å². The number of aromatic amines is 1. The quantitative estimate of drug-likeness (QED) is 0.290. The molecular formula is C13H14ClN3O4. The molecule has 21 heavy (non-hydrogen) atoms. The third kappa shape index (κ3) is 3.30. The lowest BCUT2D eigenvalue weighted by molar-refractivity contribution is -0.384. The fourth-order valence-electron chi connectivity index (χ4n) is 2.14. The summed E-state index contributed by atoms with van der Waals surface area (Å²) in [5.41, 5.74) is -0.796. The summed E-state index contributed by atoms with van der Waals surface area (Å²) in [6.45, 7) is 0.383. The predicted molar refractivity (Wildman–Crippen MR) is 80.1 cm³/mol. The molecule has 1 heterocycles. The van der Waals surface area contributed by atoms with Gasteiger partial charge < -0.3 is 9.55 Å². The van der Waals surface area contributed by atoms with Crippen molar-refractivity contribution < 1.29 is 4.92 Å². The molecule has 0 aliphatic carbocycles. The standard InChI is InChI=1S/C13H14ClN3O4/c14-6-2-1-3-7-16-11-5-4-9(17(20)21)8-10(11)15-12(18)13(16)19/h4-5,8H,1-3,6-7H2,(H,15,18). The summed E-state index contributed by atoms with van der Waals surface area (Å²) in [7, 11) is 0. The molecule has 1 N–H and O–H groups in total. The third-order valence-electron chi connectivity index (χ3n) is 3.18. The average molecular weight is 312 g/mol. The molecule has 112 valence electrons. The number of aromatic nitrogens is 2. The molecule has 0 spiro atoms. The Morgan fingerprint density at radius 1 is 1.24 bits per heavy atom. The summed E-state index contributed by atoms with van der Waals surface area (Å²) in [6, 6.07) is 4.05. The zero-order valence-electron chi connectivity index (χ0n) is 11.2. The first-order valence-corrected chi connectivity index (χ1v) is 7.05. The number of unbranched alkanes of at least 4 members (excludes halogenated alkanes) is 2. The van der Waals surface area contributed by atoms with E-state index >= 15 is 0 Å². The molecule has 0 bridgehead atoms. The Morgan fingerprint density at radius 3 is 2.67 bits per heavy atom. The van der Waals surface area contributed by atoms with Crippen LogP contribution in [0.25, 0.3) is 11.0 Å². The minimum atomic E-state index is -0.777. The molecule has 0 saturated carbocycles. The van der Waals surface area contributed by atoms with Crippen LogP contribution in [-0.4, -0.2) is 20.4 Å². The number of benzene rings is 1. The van der Waals surface area contributed by atoms with Gasteiger partial charge in [-0.05, 0) is 18.9 Å². The summed E-state index contributed by atoms with van der Waals surface area (Å²) in [4.78, 5) is 36.2. The minimum absolute atomic E-state index is 0.134. The number of non-ortho nitro benzene ring substituents is 1. The highest BCUT2D eigenvalue weighted by Gasteiger charge is 2.11. The minimum Gasteiger partial charge on any atom is -0.316 e. The van der Waals surface area contributed by atoms with Crippen molar-refractivity contribution in [1.29, 1.82) is 0 Å². The molecule has 8 heteroatoms. The fourth-order valence-corrected chi connectivity index (χ4v) is 2.33. The van der Waals surface area contributed by atoms with E-state index in [9.17, 15) is 19.7 Å². The average Bonchev–Trinajstić information content (AvgIpc) is 2.46.